The largest absolute Gasteiger partial charge is 0.300 e. The lowest BCUT2D eigenvalue weighted by molar-refractivity contribution is -0.116. The molecular formula is C24H28O. The number of ketones is 1. The Hall–Kier alpha value is -2.67. The zero-order chi connectivity index (χ0) is 17.5. The highest BCUT2D eigenvalue weighted by Gasteiger charge is 2.01. The van der Waals surface area contributed by atoms with Crippen molar-refractivity contribution in [1.82, 2.24) is 0 Å². The van der Waals surface area contributed by atoms with E-state index in [2.05, 4.69) is 56.8 Å². The molecule has 0 heterocycles. The van der Waals surface area contributed by atoms with Gasteiger partial charge in [0.2, 0.25) is 0 Å². The summed E-state index contributed by atoms with van der Waals surface area (Å²) < 4.78 is 0. The minimum atomic E-state index is 0. The van der Waals surface area contributed by atoms with Crippen LogP contribution in [0.5, 0.6) is 0 Å². The molecule has 0 spiro atoms. The molecule has 0 saturated carbocycles. The Kier molecular flexibility index (Phi) is 7.81. The van der Waals surface area contributed by atoms with Gasteiger partial charge in [-0.2, -0.15) is 0 Å². The lowest BCUT2D eigenvalue weighted by Crippen LogP contribution is -1.96. The van der Waals surface area contributed by atoms with Gasteiger partial charge in [0.1, 0.15) is 5.78 Å². The van der Waals surface area contributed by atoms with Crippen LogP contribution >= 0.6 is 0 Å². The molecule has 0 aromatic heterocycles. The molecule has 0 radical (unpaired) electrons. The van der Waals surface area contributed by atoms with Crippen LogP contribution in [0, 0.1) is 13.8 Å². The van der Waals surface area contributed by atoms with E-state index in [1.807, 2.05) is 30.3 Å². The molecule has 0 N–H and O–H groups in total. The Bertz CT molecular complexity index is 854. The Labute approximate surface area is 152 Å². The van der Waals surface area contributed by atoms with Crippen molar-refractivity contribution >= 4 is 22.6 Å². The number of rotatable bonds is 3. The number of carbonyl (C=O) groups excluding carboxylic acids is 1. The van der Waals surface area contributed by atoms with Gasteiger partial charge in [0.05, 0.1) is 0 Å². The van der Waals surface area contributed by atoms with Crippen LogP contribution in [-0.4, -0.2) is 5.78 Å². The first-order valence-electron chi connectivity index (χ1n) is 8.17. The lowest BCUT2D eigenvalue weighted by atomic mass is 10.0. The smallest absolute Gasteiger partial charge is 0.134 e. The van der Waals surface area contributed by atoms with E-state index in [-0.39, 0.29) is 13.2 Å². The van der Waals surface area contributed by atoms with Crippen molar-refractivity contribution in [2.45, 2.75) is 34.6 Å². The summed E-state index contributed by atoms with van der Waals surface area (Å²) in [4.78, 5) is 11.1. The minimum absolute atomic E-state index is 0. The van der Waals surface area contributed by atoms with Crippen LogP contribution in [0.2, 0.25) is 0 Å². The molecule has 0 aliphatic heterocycles. The second kappa shape index (κ2) is 9.58. The Morgan fingerprint density at radius 2 is 1.64 bits per heavy atom. The first-order valence-corrected chi connectivity index (χ1v) is 8.17. The monoisotopic (exact) mass is 332 g/mol. The quantitative estimate of drug-likeness (QED) is 0.531. The SMILES string of the molecule is C.C=Cc1ccc(C)c(C)c1.CC(=O)Cc1cccc2ccccc12. The molecule has 0 unspecified atom stereocenters. The molecule has 0 aliphatic carbocycles. The van der Waals surface area contributed by atoms with Gasteiger partial charge in [0.25, 0.3) is 0 Å². The van der Waals surface area contributed by atoms with E-state index in [1.165, 1.54) is 27.5 Å². The van der Waals surface area contributed by atoms with Crippen LogP contribution in [0.1, 0.15) is 36.6 Å². The summed E-state index contributed by atoms with van der Waals surface area (Å²) in [6.45, 7) is 9.56. The van der Waals surface area contributed by atoms with Crippen molar-refractivity contribution in [3.63, 3.8) is 0 Å². The van der Waals surface area contributed by atoms with Crippen molar-refractivity contribution in [2.24, 2.45) is 0 Å². The van der Waals surface area contributed by atoms with E-state index >= 15 is 0 Å². The molecule has 0 fully saturated rings. The fourth-order valence-electron chi connectivity index (χ4n) is 2.61. The molecule has 1 heteroatoms. The van der Waals surface area contributed by atoms with Crippen molar-refractivity contribution in [1.29, 1.82) is 0 Å². The van der Waals surface area contributed by atoms with Gasteiger partial charge in [-0.05, 0) is 53.8 Å². The highest BCUT2D eigenvalue weighted by atomic mass is 16.1. The molecule has 3 aromatic rings. The summed E-state index contributed by atoms with van der Waals surface area (Å²) in [7, 11) is 0. The van der Waals surface area contributed by atoms with Gasteiger partial charge in [-0.3, -0.25) is 4.79 Å². The number of fused-ring (bicyclic) bond motifs is 1. The summed E-state index contributed by atoms with van der Waals surface area (Å²) in [6.07, 6.45) is 2.40. The van der Waals surface area contributed by atoms with Gasteiger partial charge < -0.3 is 0 Å². The highest BCUT2D eigenvalue weighted by Crippen LogP contribution is 2.18. The average molecular weight is 332 g/mol. The lowest BCUT2D eigenvalue weighted by Gasteiger charge is -2.03. The number of carbonyl (C=O) groups is 1. The molecule has 3 rings (SSSR count). The van der Waals surface area contributed by atoms with E-state index in [9.17, 15) is 4.79 Å². The topological polar surface area (TPSA) is 17.1 Å². The molecule has 25 heavy (non-hydrogen) atoms. The van der Waals surface area contributed by atoms with Crippen LogP contribution in [-0.2, 0) is 11.2 Å². The van der Waals surface area contributed by atoms with Gasteiger partial charge in [-0.15, -0.1) is 0 Å². The van der Waals surface area contributed by atoms with Crippen molar-refractivity contribution < 1.29 is 4.79 Å². The molecule has 1 nitrogen and oxygen atoms in total. The normalized spacial score (nSPS) is 9.56. The third-order valence-electron chi connectivity index (χ3n) is 4.09. The van der Waals surface area contributed by atoms with Crippen LogP contribution in [0.15, 0.2) is 67.2 Å². The second-order valence-electron chi connectivity index (χ2n) is 6.06. The van der Waals surface area contributed by atoms with Crippen LogP contribution in [0.4, 0.5) is 0 Å². The van der Waals surface area contributed by atoms with E-state index in [4.69, 9.17) is 0 Å². The Morgan fingerprint density at radius 3 is 2.28 bits per heavy atom. The predicted molar refractivity (Wildman–Crippen MR) is 111 cm³/mol. The summed E-state index contributed by atoms with van der Waals surface area (Å²) in [6, 6.07) is 20.6. The van der Waals surface area contributed by atoms with Gasteiger partial charge in [-0.1, -0.05) is 80.7 Å². The van der Waals surface area contributed by atoms with Crippen molar-refractivity contribution in [3.8, 4) is 0 Å². The predicted octanol–water partition coefficient (Wildman–Crippen LogP) is 6.55. The molecule has 0 bridgehead atoms. The van der Waals surface area contributed by atoms with Gasteiger partial charge >= 0.3 is 0 Å². The summed E-state index contributed by atoms with van der Waals surface area (Å²) in [5.74, 6) is 0.210. The van der Waals surface area contributed by atoms with Crippen LogP contribution in [0.3, 0.4) is 0 Å². The summed E-state index contributed by atoms with van der Waals surface area (Å²) in [5, 5.41) is 2.39. The standard InChI is InChI=1S/C13H12O.C10H12.CH4/c1-10(14)9-12-7-4-6-11-5-2-3-8-13(11)12;1-4-10-6-5-8(2)9(3)7-10;/h2-8H,9H2,1H3;4-7H,1H2,2-3H3;1H4. The molecule has 0 aliphatic rings. The van der Waals surface area contributed by atoms with E-state index in [0.29, 0.717) is 6.42 Å². The van der Waals surface area contributed by atoms with Crippen molar-refractivity contribution in [3.05, 3.63) is 89.5 Å². The minimum Gasteiger partial charge on any atom is -0.300 e. The van der Waals surface area contributed by atoms with Gasteiger partial charge in [-0.25, -0.2) is 0 Å². The van der Waals surface area contributed by atoms with Crippen LogP contribution < -0.4 is 0 Å². The number of benzene rings is 3. The zero-order valence-corrected chi connectivity index (χ0v) is 14.7. The van der Waals surface area contributed by atoms with Gasteiger partial charge in [0.15, 0.2) is 0 Å². The molecule has 130 valence electrons. The molecule has 0 amide bonds. The Morgan fingerprint density at radius 1 is 0.960 bits per heavy atom. The molecule has 0 atom stereocenters. The van der Waals surface area contributed by atoms with E-state index in [1.54, 1.807) is 6.92 Å². The first-order chi connectivity index (χ1) is 11.5. The number of hydrogen-bond acceptors (Lipinski definition) is 1. The molecule has 3 aromatic carbocycles. The van der Waals surface area contributed by atoms with E-state index < -0.39 is 0 Å². The fraction of sp³-hybridized carbons (Fsp3) is 0.208. The molecule has 0 saturated heterocycles. The maximum atomic E-state index is 11.1. The number of Topliss-reactive ketones (excluding diaryl/α,β-unsaturated/α-hetero) is 1. The first kappa shape index (κ1) is 20.4. The Balaban J connectivity index is 0.000000254. The van der Waals surface area contributed by atoms with Crippen molar-refractivity contribution in [2.75, 3.05) is 0 Å². The average Bonchev–Trinajstić information content (AvgIpc) is 2.58. The fourth-order valence-corrected chi connectivity index (χ4v) is 2.61. The third-order valence-corrected chi connectivity index (χ3v) is 4.09. The summed E-state index contributed by atoms with van der Waals surface area (Å²) in [5.41, 5.74) is 4.99. The molecular weight excluding hydrogens is 304 g/mol. The maximum Gasteiger partial charge on any atom is 0.134 e. The third kappa shape index (κ3) is 5.72. The maximum absolute atomic E-state index is 11.1. The highest BCUT2D eigenvalue weighted by molar-refractivity contribution is 5.90. The van der Waals surface area contributed by atoms with E-state index in [0.717, 1.165) is 5.56 Å². The number of aryl methyl sites for hydroxylation is 2. The summed E-state index contributed by atoms with van der Waals surface area (Å²) >= 11 is 0. The van der Waals surface area contributed by atoms with Gasteiger partial charge in [0, 0.05) is 6.42 Å². The second-order valence-corrected chi connectivity index (χ2v) is 6.06. The number of hydrogen-bond donors (Lipinski definition) is 0. The van der Waals surface area contributed by atoms with Crippen LogP contribution in [0.25, 0.3) is 16.8 Å². The zero-order valence-electron chi connectivity index (χ0n) is 14.7.